The zero-order valence-corrected chi connectivity index (χ0v) is 11.5. The molecule has 4 nitrogen and oxygen atoms in total. The minimum atomic E-state index is -3.04. The summed E-state index contributed by atoms with van der Waals surface area (Å²) < 4.78 is 25.6. The third-order valence-electron chi connectivity index (χ3n) is 3.84. The van der Waals surface area contributed by atoms with Gasteiger partial charge in [-0.1, -0.05) is 12.8 Å². The lowest BCUT2D eigenvalue weighted by atomic mass is 10.1. The Morgan fingerprint density at radius 3 is 2.41 bits per heavy atom. The van der Waals surface area contributed by atoms with Crippen LogP contribution in [0.15, 0.2) is 0 Å². The van der Waals surface area contributed by atoms with E-state index in [1.165, 1.54) is 38.5 Å². The SMILES string of the molecule is CN(CC1CCCC1)S(=O)(=O)CCNC1CC1. The molecule has 0 aromatic heterocycles. The van der Waals surface area contributed by atoms with Crippen molar-refractivity contribution in [2.24, 2.45) is 5.92 Å². The average molecular weight is 260 g/mol. The lowest BCUT2D eigenvalue weighted by molar-refractivity contribution is 0.387. The number of hydrogen-bond acceptors (Lipinski definition) is 3. The summed E-state index contributed by atoms with van der Waals surface area (Å²) in [7, 11) is -1.32. The van der Waals surface area contributed by atoms with Crippen LogP contribution in [-0.4, -0.2) is 44.7 Å². The Morgan fingerprint density at radius 2 is 1.82 bits per heavy atom. The second-order valence-corrected chi connectivity index (χ2v) is 7.67. The topological polar surface area (TPSA) is 49.4 Å². The van der Waals surface area contributed by atoms with E-state index >= 15 is 0 Å². The molecule has 2 aliphatic rings. The Bertz CT molecular complexity index is 332. The van der Waals surface area contributed by atoms with Gasteiger partial charge in [0.05, 0.1) is 5.75 Å². The summed E-state index contributed by atoms with van der Waals surface area (Å²) in [5.74, 6) is 0.832. The maximum absolute atomic E-state index is 12.0. The highest BCUT2D eigenvalue weighted by Crippen LogP contribution is 2.25. The minimum Gasteiger partial charge on any atom is -0.313 e. The second kappa shape index (κ2) is 5.67. The van der Waals surface area contributed by atoms with Crippen LogP contribution in [0.4, 0.5) is 0 Å². The normalized spacial score (nSPS) is 22.5. The van der Waals surface area contributed by atoms with Crippen LogP contribution in [0.2, 0.25) is 0 Å². The van der Waals surface area contributed by atoms with Crippen LogP contribution in [0.1, 0.15) is 38.5 Å². The lowest BCUT2D eigenvalue weighted by Gasteiger charge is -2.20. The fraction of sp³-hybridized carbons (Fsp3) is 1.00. The maximum Gasteiger partial charge on any atom is 0.215 e. The Balaban J connectivity index is 1.72. The number of nitrogens with one attached hydrogen (secondary N) is 1. The summed E-state index contributed by atoms with van der Waals surface area (Å²) in [6.45, 7) is 1.31. The standard InChI is InChI=1S/C12H24N2O2S/c1-14(10-11-4-2-3-5-11)17(15,16)9-8-13-12-6-7-12/h11-13H,2-10H2,1H3. The number of sulfonamides is 1. The highest BCUT2D eigenvalue weighted by atomic mass is 32.2. The van der Waals surface area contributed by atoms with Crippen LogP contribution in [-0.2, 0) is 10.0 Å². The number of rotatable bonds is 7. The first-order valence-corrected chi connectivity index (χ1v) is 8.36. The third kappa shape index (κ3) is 4.23. The van der Waals surface area contributed by atoms with E-state index in [-0.39, 0.29) is 5.75 Å². The molecule has 2 aliphatic carbocycles. The Labute approximate surface area is 105 Å². The maximum atomic E-state index is 12.0. The monoisotopic (exact) mass is 260 g/mol. The second-order valence-electron chi connectivity index (χ2n) is 5.48. The quantitative estimate of drug-likeness (QED) is 0.748. The van der Waals surface area contributed by atoms with Crippen molar-refractivity contribution in [3.05, 3.63) is 0 Å². The van der Waals surface area contributed by atoms with Gasteiger partial charge in [0.15, 0.2) is 0 Å². The van der Waals surface area contributed by atoms with Crippen LogP contribution in [0.3, 0.4) is 0 Å². The third-order valence-corrected chi connectivity index (χ3v) is 5.65. The smallest absolute Gasteiger partial charge is 0.215 e. The van der Waals surface area contributed by atoms with E-state index < -0.39 is 10.0 Å². The zero-order valence-electron chi connectivity index (χ0n) is 10.7. The summed E-state index contributed by atoms with van der Waals surface area (Å²) in [5.41, 5.74) is 0. The molecule has 0 saturated heterocycles. The summed E-state index contributed by atoms with van der Waals surface area (Å²) in [5, 5.41) is 3.26. The minimum absolute atomic E-state index is 0.243. The molecule has 2 saturated carbocycles. The van der Waals surface area contributed by atoms with E-state index in [1.807, 2.05) is 0 Å². The molecule has 0 unspecified atom stereocenters. The Morgan fingerprint density at radius 1 is 1.18 bits per heavy atom. The van der Waals surface area contributed by atoms with Gasteiger partial charge < -0.3 is 5.32 Å². The first-order valence-electron chi connectivity index (χ1n) is 6.75. The van der Waals surface area contributed by atoms with Gasteiger partial charge in [0.1, 0.15) is 0 Å². The zero-order chi connectivity index (χ0) is 12.3. The number of nitrogens with zero attached hydrogens (tertiary/aromatic N) is 1. The molecule has 0 spiro atoms. The molecule has 2 fully saturated rings. The fourth-order valence-corrected chi connectivity index (χ4v) is 3.63. The Kier molecular flexibility index (Phi) is 4.44. The molecule has 5 heteroatoms. The fourth-order valence-electron chi connectivity index (χ4n) is 2.51. The van der Waals surface area contributed by atoms with Gasteiger partial charge in [0.25, 0.3) is 0 Å². The summed E-state index contributed by atoms with van der Waals surface area (Å²) in [4.78, 5) is 0. The predicted molar refractivity (Wildman–Crippen MR) is 69.4 cm³/mol. The van der Waals surface area contributed by atoms with Crippen LogP contribution in [0.25, 0.3) is 0 Å². The predicted octanol–water partition coefficient (Wildman–Crippen LogP) is 1.19. The summed E-state index contributed by atoms with van der Waals surface area (Å²) in [6, 6.07) is 0.588. The molecular weight excluding hydrogens is 236 g/mol. The van der Waals surface area contributed by atoms with E-state index in [0.717, 1.165) is 0 Å². The van der Waals surface area contributed by atoms with Gasteiger partial charge in [-0.05, 0) is 31.6 Å². The highest BCUT2D eigenvalue weighted by Gasteiger charge is 2.25. The molecule has 0 aromatic carbocycles. The van der Waals surface area contributed by atoms with Crippen LogP contribution in [0.5, 0.6) is 0 Å². The van der Waals surface area contributed by atoms with E-state index in [4.69, 9.17) is 0 Å². The molecule has 1 N–H and O–H groups in total. The van der Waals surface area contributed by atoms with Crippen molar-refractivity contribution in [2.45, 2.75) is 44.6 Å². The van der Waals surface area contributed by atoms with E-state index in [0.29, 0.717) is 25.0 Å². The molecule has 0 bridgehead atoms. The largest absolute Gasteiger partial charge is 0.313 e. The van der Waals surface area contributed by atoms with Crippen LogP contribution >= 0.6 is 0 Å². The molecule has 2 rings (SSSR count). The number of hydrogen-bond donors (Lipinski definition) is 1. The molecule has 0 heterocycles. The molecule has 17 heavy (non-hydrogen) atoms. The van der Waals surface area contributed by atoms with Gasteiger partial charge in [0.2, 0.25) is 10.0 Å². The van der Waals surface area contributed by atoms with E-state index in [2.05, 4.69) is 5.32 Å². The van der Waals surface area contributed by atoms with Crippen molar-refractivity contribution in [3.63, 3.8) is 0 Å². The van der Waals surface area contributed by atoms with Crippen molar-refractivity contribution in [1.82, 2.24) is 9.62 Å². The first kappa shape index (κ1) is 13.3. The van der Waals surface area contributed by atoms with Gasteiger partial charge in [-0.2, -0.15) is 0 Å². The molecule has 0 amide bonds. The van der Waals surface area contributed by atoms with Gasteiger partial charge >= 0.3 is 0 Å². The van der Waals surface area contributed by atoms with E-state index in [9.17, 15) is 8.42 Å². The highest BCUT2D eigenvalue weighted by molar-refractivity contribution is 7.89. The Hall–Kier alpha value is -0.130. The van der Waals surface area contributed by atoms with Crippen molar-refractivity contribution < 1.29 is 8.42 Å². The molecule has 0 radical (unpaired) electrons. The molecule has 0 atom stereocenters. The lowest BCUT2D eigenvalue weighted by Crippen LogP contribution is -2.36. The summed E-state index contributed by atoms with van der Waals surface area (Å²) >= 11 is 0. The van der Waals surface area contributed by atoms with E-state index in [1.54, 1.807) is 11.4 Å². The summed E-state index contributed by atoms with van der Waals surface area (Å²) in [6.07, 6.45) is 7.33. The van der Waals surface area contributed by atoms with Crippen molar-refractivity contribution in [2.75, 3.05) is 25.9 Å². The van der Waals surface area contributed by atoms with Crippen LogP contribution in [0, 0.1) is 5.92 Å². The molecule has 100 valence electrons. The first-order chi connectivity index (χ1) is 8.08. The van der Waals surface area contributed by atoms with Crippen LogP contribution < -0.4 is 5.32 Å². The van der Waals surface area contributed by atoms with Crippen molar-refractivity contribution >= 4 is 10.0 Å². The molecule has 0 aromatic rings. The molecule has 0 aliphatic heterocycles. The van der Waals surface area contributed by atoms with Crippen molar-refractivity contribution in [3.8, 4) is 0 Å². The van der Waals surface area contributed by atoms with Gasteiger partial charge in [-0.15, -0.1) is 0 Å². The average Bonchev–Trinajstić information content (AvgIpc) is 2.94. The van der Waals surface area contributed by atoms with Crippen molar-refractivity contribution in [1.29, 1.82) is 0 Å². The molecular formula is C12H24N2O2S. The van der Waals surface area contributed by atoms with Gasteiger partial charge in [0, 0.05) is 26.2 Å². The van der Waals surface area contributed by atoms with Gasteiger partial charge in [-0.3, -0.25) is 0 Å². The van der Waals surface area contributed by atoms with Gasteiger partial charge in [-0.25, -0.2) is 12.7 Å².